The van der Waals surface area contributed by atoms with Gasteiger partial charge in [-0.3, -0.25) is 9.59 Å². The summed E-state index contributed by atoms with van der Waals surface area (Å²) in [5, 5.41) is 2.83. The third-order valence-electron chi connectivity index (χ3n) is 5.47. The maximum Gasteiger partial charge on any atom is 0.586 e. The third kappa shape index (κ3) is 3.78. The van der Waals surface area contributed by atoms with Crippen molar-refractivity contribution in [2.24, 2.45) is 0 Å². The molecule has 1 saturated carbocycles. The Morgan fingerprint density at radius 1 is 1.00 bits per heavy atom. The number of carbonyl (C=O) groups excluding carboxylic acids is 2. The van der Waals surface area contributed by atoms with Crippen LogP contribution in [0.1, 0.15) is 28.8 Å². The zero-order chi connectivity index (χ0) is 21.6. The maximum atomic E-state index is 13.3. The second kappa shape index (κ2) is 7.69. The number of nitrogens with zero attached hydrogens (tertiary/aromatic N) is 1. The summed E-state index contributed by atoms with van der Waals surface area (Å²) in [7, 11) is 0. The number of aromatic nitrogens is 1. The molecule has 3 N–H and O–H groups in total. The predicted molar refractivity (Wildman–Crippen MR) is 111 cm³/mol. The van der Waals surface area contributed by atoms with Crippen LogP contribution in [0.2, 0.25) is 0 Å². The molecule has 0 saturated heterocycles. The molecule has 5 rings (SSSR count). The largest absolute Gasteiger partial charge is 0.586 e. The van der Waals surface area contributed by atoms with Crippen LogP contribution in [0.4, 0.5) is 14.6 Å². The van der Waals surface area contributed by atoms with Gasteiger partial charge < -0.3 is 20.3 Å². The average Bonchev–Trinajstić information content (AvgIpc) is 3.51. The minimum atomic E-state index is -3.70. The summed E-state index contributed by atoms with van der Waals surface area (Å²) in [4.78, 5) is 28.4. The molecule has 0 bridgehead atoms. The minimum Gasteiger partial charge on any atom is -0.412 e. The molecule has 1 aliphatic heterocycles. The smallest absolute Gasteiger partial charge is 0.412 e. The standard InChI is InChI=1S/C23H16F2N2O4.H2O/c24-23(25)30-18-9-8-16(12-19(18)31-23)22(10-11-22)21(29)27-20-3-1-2-17(26-20)15-6-4-14(13-28)5-7-15;/h1-9,12-13H,10-11H2,(H,26,27,29);1H2. The number of fused-ring (bicyclic) bond motifs is 1. The second-order valence-electron chi connectivity index (χ2n) is 7.51. The number of rotatable bonds is 5. The van der Waals surface area contributed by atoms with Gasteiger partial charge >= 0.3 is 6.29 Å². The highest BCUT2D eigenvalue weighted by molar-refractivity contribution is 6.01. The van der Waals surface area contributed by atoms with Crippen molar-refractivity contribution in [3.63, 3.8) is 0 Å². The quantitative estimate of drug-likeness (QED) is 0.608. The fourth-order valence-corrected chi connectivity index (χ4v) is 3.65. The number of alkyl halides is 2. The summed E-state index contributed by atoms with van der Waals surface area (Å²) < 4.78 is 35.5. The van der Waals surface area contributed by atoms with Gasteiger partial charge in [0.25, 0.3) is 0 Å². The molecule has 0 atom stereocenters. The number of nitrogens with one attached hydrogen (secondary N) is 1. The van der Waals surface area contributed by atoms with E-state index in [1.807, 2.05) is 0 Å². The van der Waals surface area contributed by atoms with Crippen molar-refractivity contribution in [1.82, 2.24) is 4.98 Å². The summed E-state index contributed by atoms with van der Waals surface area (Å²) >= 11 is 0. The van der Waals surface area contributed by atoms with Crippen molar-refractivity contribution in [3.05, 3.63) is 71.8 Å². The maximum absolute atomic E-state index is 13.3. The number of anilines is 1. The van der Waals surface area contributed by atoms with E-state index in [-0.39, 0.29) is 22.9 Å². The lowest BCUT2D eigenvalue weighted by Crippen LogP contribution is -2.28. The molecule has 3 aromatic rings. The van der Waals surface area contributed by atoms with Crippen LogP contribution in [-0.2, 0) is 10.2 Å². The summed E-state index contributed by atoms with van der Waals surface area (Å²) in [6.07, 6.45) is -1.77. The van der Waals surface area contributed by atoms with Crippen molar-refractivity contribution < 1.29 is 33.3 Å². The van der Waals surface area contributed by atoms with E-state index in [0.717, 1.165) is 11.8 Å². The van der Waals surface area contributed by atoms with Crippen LogP contribution in [0.5, 0.6) is 11.5 Å². The van der Waals surface area contributed by atoms with Crippen molar-refractivity contribution >= 4 is 18.0 Å². The second-order valence-corrected chi connectivity index (χ2v) is 7.51. The molecular weight excluding hydrogens is 422 g/mol. The van der Waals surface area contributed by atoms with E-state index in [2.05, 4.69) is 19.8 Å². The number of carbonyl (C=O) groups is 2. The highest BCUT2D eigenvalue weighted by Crippen LogP contribution is 2.52. The van der Waals surface area contributed by atoms with Crippen LogP contribution in [0, 0.1) is 0 Å². The van der Waals surface area contributed by atoms with Gasteiger partial charge in [0, 0.05) is 11.1 Å². The molecule has 2 heterocycles. The highest BCUT2D eigenvalue weighted by Gasteiger charge is 2.52. The van der Waals surface area contributed by atoms with E-state index < -0.39 is 11.7 Å². The van der Waals surface area contributed by atoms with Gasteiger partial charge in [-0.25, -0.2) is 4.98 Å². The normalized spacial score (nSPS) is 16.6. The lowest BCUT2D eigenvalue weighted by molar-refractivity contribution is -0.286. The molecule has 1 aliphatic carbocycles. The number of hydrogen-bond donors (Lipinski definition) is 1. The van der Waals surface area contributed by atoms with E-state index in [1.165, 1.54) is 12.1 Å². The molecule has 2 aliphatic rings. The summed E-state index contributed by atoms with van der Waals surface area (Å²) in [6.45, 7) is 0. The predicted octanol–water partition coefficient (Wildman–Crippen LogP) is 3.73. The topological polar surface area (TPSA) is 109 Å². The van der Waals surface area contributed by atoms with E-state index in [1.54, 1.807) is 48.5 Å². The molecular formula is C23H18F2N2O5. The molecule has 0 radical (unpaired) electrons. The average molecular weight is 440 g/mol. The minimum absolute atomic E-state index is 0. The molecule has 164 valence electrons. The third-order valence-corrected chi connectivity index (χ3v) is 5.47. The first kappa shape index (κ1) is 21.4. The van der Waals surface area contributed by atoms with Crippen molar-refractivity contribution in [3.8, 4) is 22.8 Å². The Hall–Kier alpha value is -3.85. The van der Waals surface area contributed by atoms with Gasteiger partial charge in [0.15, 0.2) is 11.5 Å². The monoisotopic (exact) mass is 440 g/mol. The summed E-state index contributed by atoms with van der Waals surface area (Å²) in [5.74, 6) is -0.0278. The number of benzene rings is 2. The van der Waals surface area contributed by atoms with Crippen LogP contribution in [0.3, 0.4) is 0 Å². The van der Waals surface area contributed by atoms with Crippen molar-refractivity contribution in [2.45, 2.75) is 24.6 Å². The molecule has 9 heteroatoms. The van der Waals surface area contributed by atoms with Crippen molar-refractivity contribution in [2.75, 3.05) is 5.32 Å². The van der Waals surface area contributed by atoms with E-state index in [9.17, 15) is 18.4 Å². The SMILES string of the molecule is O.O=Cc1ccc(-c2cccc(NC(=O)C3(c4ccc5c(c4)OC(F)(F)O5)CC3)n2)cc1. The fourth-order valence-electron chi connectivity index (χ4n) is 3.65. The van der Waals surface area contributed by atoms with Gasteiger partial charge in [0.2, 0.25) is 5.91 Å². The molecule has 1 amide bonds. The van der Waals surface area contributed by atoms with Crippen LogP contribution in [0.25, 0.3) is 11.3 Å². The van der Waals surface area contributed by atoms with Crippen LogP contribution >= 0.6 is 0 Å². The Kier molecular flexibility index (Phi) is 5.14. The van der Waals surface area contributed by atoms with Crippen LogP contribution in [0.15, 0.2) is 60.7 Å². The molecule has 2 aromatic carbocycles. The highest BCUT2D eigenvalue weighted by atomic mass is 19.3. The number of pyridine rings is 1. The molecule has 32 heavy (non-hydrogen) atoms. The van der Waals surface area contributed by atoms with Crippen LogP contribution < -0.4 is 14.8 Å². The Morgan fingerprint density at radius 2 is 1.72 bits per heavy atom. The zero-order valence-corrected chi connectivity index (χ0v) is 16.6. The lowest BCUT2D eigenvalue weighted by atomic mass is 9.94. The zero-order valence-electron chi connectivity index (χ0n) is 16.6. The van der Waals surface area contributed by atoms with Gasteiger partial charge in [-0.05, 0) is 42.7 Å². The fraction of sp³-hybridized carbons (Fsp3) is 0.174. The Labute approximate surface area is 181 Å². The van der Waals surface area contributed by atoms with Crippen LogP contribution in [-0.4, -0.2) is 28.9 Å². The molecule has 1 aromatic heterocycles. The number of ether oxygens (including phenoxy) is 2. The van der Waals surface area contributed by atoms with Gasteiger partial charge in [-0.2, -0.15) is 0 Å². The Morgan fingerprint density at radius 3 is 2.41 bits per heavy atom. The lowest BCUT2D eigenvalue weighted by Gasteiger charge is -2.16. The molecule has 0 spiro atoms. The summed E-state index contributed by atoms with van der Waals surface area (Å²) in [5.41, 5.74) is 1.78. The van der Waals surface area contributed by atoms with Crippen molar-refractivity contribution in [1.29, 1.82) is 0 Å². The Balaban J connectivity index is 0.00000245. The number of amides is 1. The van der Waals surface area contributed by atoms with Gasteiger partial charge in [0.1, 0.15) is 12.1 Å². The van der Waals surface area contributed by atoms with E-state index >= 15 is 0 Å². The van der Waals surface area contributed by atoms with Gasteiger partial charge in [0.05, 0.1) is 11.1 Å². The molecule has 7 nitrogen and oxygen atoms in total. The Bertz CT molecular complexity index is 1190. The molecule has 1 fully saturated rings. The first-order chi connectivity index (χ1) is 14.9. The number of aldehydes is 1. The van der Waals surface area contributed by atoms with Gasteiger partial charge in [-0.15, -0.1) is 8.78 Å². The molecule has 0 unspecified atom stereocenters. The number of hydrogen-bond acceptors (Lipinski definition) is 5. The number of halogens is 2. The van der Waals surface area contributed by atoms with Gasteiger partial charge in [-0.1, -0.05) is 36.4 Å². The first-order valence-corrected chi connectivity index (χ1v) is 9.63. The first-order valence-electron chi connectivity index (χ1n) is 9.63. The van der Waals surface area contributed by atoms with E-state index in [0.29, 0.717) is 35.5 Å². The summed E-state index contributed by atoms with van der Waals surface area (Å²) in [6, 6.07) is 16.6. The van der Waals surface area contributed by atoms with E-state index in [4.69, 9.17) is 0 Å².